The molecule has 1 aliphatic rings. The second-order valence-corrected chi connectivity index (χ2v) is 7.51. The fraction of sp³-hybridized carbons (Fsp3) is 0.263. The first-order valence-electron chi connectivity index (χ1n) is 8.51. The number of amides is 1. The van der Waals surface area contributed by atoms with Crippen LogP contribution in [0.4, 0.5) is 0 Å². The molecule has 7 heteroatoms. The third-order valence-corrected chi connectivity index (χ3v) is 5.69. The zero-order valence-electron chi connectivity index (χ0n) is 14.0. The number of H-pyrrole nitrogens is 1. The van der Waals surface area contributed by atoms with Crippen LogP contribution in [0.15, 0.2) is 58.7 Å². The molecule has 1 atom stereocenters. The number of benzene rings is 1. The number of aliphatic hydroxyl groups is 1. The van der Waals surface area contributed by atoms with E-state index in [4.69, 9.17) is 0 Å². The summed E-state index contributed by atoms with van der Waals surface area (Å²) in [6.07, 6.45) is 1.05. The van der Waals surface area contributed by atoms with E-state index in [1.54, 1.807) is 23.5 Å². The first kappa shape index (κ1) is 16.8. The topological polar surface area (TPSA) is 87.1 Å². The van der Waals surface area contributed by atoms with Gasteiger partial charge in [0.1, 0.15) is 5.69 Å². The molecule has 0 bridgehead atoms. The Kier molecular flexibility index (Phi) is 4.48. The summed E-state index contributed by atoms with van der Waals surface area (Å²) in [5, 5.41) is 17.5. The van der Waals surface area contributed by atoms with E-state index < -0.39 is 0 Å². The minimum atomic E-state index is -0.323. The monoisotopic (exact) mass is 369 g/mol. The molecular weight excluding hydrogens is 350 g/mol. The number of thiophene rings is 1. The largest absolute Gasteiger partial charge is 0.393 e. The lowest BCUT2D eigenvalue weighted by atomic mass is 9.76. The number of nitrogens with zero attached hydrogens (tertiary/aromatic N) is 1. The lowest BCUT2D eigenvalue weighted by molar-refractivity contribution is 0.0240. The molecule has 1 aliphatic carbocycles. The first-order chi connectivity index (χ1) is 12.6. The highest BCUT2D eigenvalue weighted by Gasteiger charge is 2.36. The molecule has 0 radical (unpaired) electrons. The third kappa shape index (κ3) is 3.23. The van der Waals surface area contributed by atoms with Gasteiger partial charge >= 0.3 is 0 Å². The van der Waals surface area contributed by atoms with E-state index in [2.05, 4.69) is 10.4 Å². The molecule has 1 aromatic carbocycles. The van der Waals surface area contributed by atoms with E-state index in [1.165, 1.54) is 10.7 Å². The van der Waals surface area contributed by atoms with Crippen LogP contribution < -0.4 is 10.9 Å². The Hall–Kier alpha value is -2.64. The average Bonchev–Trinajstić information content (AvgIpc) is 3.27. The summed E-state index contributed by atoms with van der Waals surface area (Å²) in [6, 6.07) is 14.2. The molecule has 2 aromatic heterocycles. The SMILES string of the molecule is O=C(NC(c1cccs1)C1CC(O)C1)c1cc(=O)n(-c2ccccc2)[nH]1. The summed E-state index contributed by atoms with van der Waals surface area (Å²) in [6.45, 7) is 0. The highest BCUT2D eigenvalue weighted by atomic mass is 32.1. The van der Waals surface area contributed by atoms with E-state index in [1.807, 2.05) is 35.7 Å². The molecule has 0 saturated heterocycles. The molecule has 1 saturated carbocycles. The van der Waals surface area contributed by atoms with Gasteiger partial charge in [-0.2, -0.15) is 0 Å². The summed E-state index contributed by atoms with van der Waals surface area (Å²) in [7, 11) is 0. The van der Waals surface area contributed by atoms with Gasteiger partial charge < -0.3 is 10.4 Å². The van der Waals surface area contributed by atoms with Crippen molar-refractivity contribution in [3.8, 4) is 5.69 Å². The second-order valence-electron chi connectivity index (χ2n) is 6.53. The predicted octanol–water partition coefficient (Wildman–Crippen LogP) is 2.47. The van der Waals surface area contributed by atoms with E-state index in [9.17, 15) is 14.7 Å². The standard InChI is InChI=1S/C19H19N3O3S/c23-14-9-12(10-14)18(16-7-4-8-26-16)20-19(25)15-11-17(24)22(21-15)13-5-2-1-3-6-13/h1-8,11-12,14,18,21,23H,9-10H2,(H,20,25). The van der Waals surface area contributed by atoms with Gasteiger partial charge in [-0.05, 0) is 42.3 Å². The van der Waals surface area contributed by atoms with Crippen molar-refractivity contribution in [3.05, 3.63) is 74.8 Å². The summed E-state index contributed by atoms with van der Waals surface area (Å²) < 4.78 is 1.35. The quantitative estimate of drug-likeness (QED) is 0.646. The van der Waals surface area contributed by atoms with Gasteiger partial charge in [0.05, 0.1) is 17.8 Å². The van der Waals surface area contributed by atoms with Gasteiger partial charge in [-0.25, -0.2) is 4.68 Å². The van der Waals surface area contributed by atoms with Crippen LogP contribution in [0.1, 0.15) is 34.2 Å². The van der Waals surface area contributed by atoms with Crippen molar-refractivity contribution < 1.29 is 9.90 Å². The Morgan fingerprint density at radius 2 is 2.00 bits per heavy atom. The van der Waals surface area contributed by atoms with Crippen molar-refractivity contribution in [2.75, 3.05) is 0 Å². The Bertz CT molecular complexity index is 940. The normalized spacial score (nSPS) is 20.3. The van der Waals surface area contributed by atoms with E-state index in [0.29, 0.717) is 18.5 Å². The van der Waals surface area contributed by atoms with Crippen LogP contribution in [-0.2, 0) is 0 Å². The molecule has 134 valence electrons. The van der Waals surface area contributed by atoms with Crippen molar-refractivity contribution in [3.63, 3.8) is 0 Å². The number of aliphatic hydroxyl groups excluding tert-OH is 1. The zero-order valence-corrected chi connectivity index (χ0v) is 14.8. The average molecular weight is 369 g/mol. The van der Waals surface area contributed by atoms with Crippen LogP contribution in [0, 0.1) is 5.92 Å². The van der Waals surface area contributed by atoms with Gasteiger partial charge in [-0.3, -0.25) is 14.7 Å². The highest BCUT2D eigenvalue weighted by Crippen LogP contribution is 2.39. The molecule has 1 unspecified atom stereocenters. The molecule has 3 aromatic rings. The van der Waals surface area contributed by atoms with Crippen molar-refractivity contribution in [2.24, 2.45) is 5.92 Å². The molecule has 3 N–H and O–H groups in total. The lowest BCUT2D eigenvalue weighted by Gasteiger charge is -2.37. The number of rotatable bonds is 5. The number of carbonyl (C=O) groups excluding carboxylic acids is 1. The number of hydrogen-bond acceptors (Lipinski definition) is 4. The van der Waals surface area contributed by atoms with Crippen molar-refractivity contribution in [1.82, 2.24) is 15.1 Å². The van der Waals surface area contributed by atoms with Crippen molar-refractivity contribution >= 4 is 17.2 Å². The number of carbonyl (C=O) groups is 1. The van der Waals surface area contributed by atoms with Crippen molar-refractivity contribution in [2.45, 2.75) is 25.0 Å². The number of aromatic amines is 1. The van der Waals surface area contributed by atoms with Gasteiger partial charge in [0.15, 0.2) is 0 Å². The van der Waals surface area contributed by atoms with Gasteiger partial charge in [0, 0.05) is 10.9 Å². The predicted molar refractivity (Wildman–Crippen MR) is 99.6 cm³/mol. The minimum Gasteiger partial charge on any atom is -0.393 e. The summed E-state index contributed by atoms with van der Waals surface area (Å²) in [4.78, 5) is 26.0. The molecular formula is C19H19N3O3S. The Morgan fingerprint density at radius 1 is 1.23 bits per heavy atom. The maximum absolute atomic E-state index is 12.7. The van der Waals surface area contributed by atoms with Crippen LogP contribution in [0.5, 0.6) is 0 Å². The van der Waals surface area contributed by atoms with Gasteiger partial charge in [0.25, 0.3) is 11.5 Å². The van der Waals surface area contributed by atoms with Gasteiger partial charge in [0.2, 0.25) is 0 Å². The molecule has 0 aliphatic heterocycles. The van der Waals surface area contributed by atoms with Gasteiger partial charge in [-0.15, -0.1) is 11.3 Å². The fourth-order valence-corrected chi connectivity index (χ4v) is 4.16. The van der Waals surface area contributed by atoms with Crippen LogP contribution in [0.2, 0.25) is 0 Å². The number of aromatic nitrogens is 2. The van der Waals surface area contributed by atoms with Gasteiger partial charge in [-0.1, -0.05) is 24.3 Å². The Morgan fingerprint density at radius 3 is 2.65 bits per heavy atom. The molecule has 0 spiro atoms. The summed E-state index contributed by atoms with van der Waals surface area (Å²) in [5.41, 5.74) is 0.613. The fourth-order valence-electron chi connectivity index (χ4n) is 3.29. The third-order valence-electron chi connectivity index (χ3n) is 4.74. The second kappa shape index (κ2) is 6.93. The number of nitrogens with one attached hydrogen (secondary N) is 2. The number of para-hydroxylation sites is 1. The lowest BCUT2D eigenvalue weighted by Crippen LogP contribution is -2.41. The van der Waals surface area contributed by atoms with Crippen LogP contribution in [0.3, 0.4) is 0 Å². The van der Waals surface area contributed by atoms with E-state index in [-0.39, 0.29) is 35.2 Å². The maximum atomic E-state index is 12.7. The molecule has 2 heterocycles. The molecule has 1 amide bonds. The van der Waals surface area contributed by atoms with Crippen LogP contribution in [-0.4, -0.2) is 26.9 Å². The van der Waals surface area contributed by atoms with E-state index in [0.717, 1.165) is 4.88 Å². The first-order valence-corrected chi connectivity index (χ1v) is 9.39. The number of hydrogen-bond donors (Lipinski definition) is 3. The molecule has 6 nitrogen and oxygen atoms in total. The van der Waals surface area contributed by atoms with Crippen LogP contribution >= 0.6 is 11.3 Å². The molecule has 26 heavy (non-hydrogen) atoms. The van der Waals surface area contributed by atoms with Crippen molar-refractivity contribution in [1.29, 1.82) is 0 Å². The minimum absolute atomic E-state index is 0.158. The van der Waals surface area contributed by atoms with E-state index >= 15 is 0 Å². The Labute approximate surface area is 154 Å². The molecule has 1 fully saturated rings. The highest BCUT2D eigenvalue weighted by molar-refractivity contribution is 7.10. The smallest absolute Gasteiger partial charge is 0.271 e. The summed E-state index contributed by atoms with van der Waals surface area (Å²) in [5.74, 6) is -0.118. The zero-order chi connectivity index (χ0) is 18.1. The molecule has 4 rings (SSSR count). The van der Waals surface area contributed by atoms with Crippen LogP contribution in [0.25, 0.3) is 5.69 Å². The summed E-state index contributed by atoms with van der Waals surface area (Å²) >= 11 is 1.58. The Balaban J connectivity index is 1.56. The maximum Gasteiger partial charge on any atom is 0.271 e.